The van der Waals surface area contributed by atoms with Gasteiger partial charge in [0.25, 0.3) is 0 Å². The molecular weight excluding hydrogens is 256 g/mol. The lowest BCUT2D eigenvalue weighted by Gasteiger charge is -1.95. The summed E-state index contributed by atoms with van der Waals surface area (Å²) in [5.41, 5.74) is 0.875. The predicted molar refractivity (Wildman–Crippen MR) is 68.3 cm³/mol. The topological polar surface area (TPSA) is 69.2 Å². The Morgan fingerprint density at radius 2 is 2.11 bits per heavy atom. The number of nitrogens with zero attached hydrogens (tertiary/aromatic N) is 2. The number of aryl methyl sites for hydroxylation is 1. The van der Waals surface area contributed by atoms with Gasteiger partial charge in [-0.2, -0.15) is 0 Å². The van der Waals surface area contributed by atoms with Crippen molar-refractivity contribution >= 4 is 29.4 Å². The Balaban J connectivity index is 2.36. The average molecular weight is 265 g/mol. The summed E-state index contributed by atoms with van der Waals surface area (Å²) in [6.45, 7) is 1.52. The van der Waals surface area contributed by atoms with Crippen LogP contribution >= 0.6 is 11.6 Å². The highest BCUT2D eigenvalue weighted by atomic mass is 35.5. The van der Waals surface area contributed by atoms with Crippen molar-refractivity contribution < 1.29 is 9.45 Å². The van der Waals surface area contributed by atoms with Gasteiger partial charge >= 0.3 is 5.69 Å². The van der Waals surface area contributed by atoms with Crippen molar-refractivity contribution in [3.8, 4) is 0 Å². The van der Waals surface area contributed by atoms with Gasteiger partial charge in [-0.1, -0.05) is 35.0 Å². The Bertz CT molecular complexity index is 620. The van der Waals surface area contributed by atoms with E-state index >= 15 is 0 Å². The fourth-order valence-electron chi connectivity index (χ4n) is 1.49. The van der Waals surface area contributed by atoms with Crippen LogP contribution in [0.15, 0.2) is 28.8 Å². The van der Waals surface area contributed by atoms with Crippen molar-refractivity contribution in [2.45, 2.75) is 6.92 Å². The highest BCUT2D eigenvalue weighted by molar-refractivity contribution is 6.32. The molecule has 0 radical (unpaired) electrons. The molecule has 6 heteroatoms. The Hall–Kier alpha value is -2.14. The first-order chi connectivity index (χ1) is 8.59. The third-order valence-electron chi connectivity index (χ3n) is 2.36. The van der Waals surface area contributed by atoms with E-state index in [1.165, 1.54) is 13.0 Å². The lowest BCUT2D eigenvalue weighted by atomic mass is 10.2. The van der Waals surface area contributed by atoms with Gasteiger partial charge in [0, 0.05) is 5.02 Å². The monoisotopic (exact) mass is 264 g/mol. The average Bonchev–Trinajstić information content (AvgIpc) is 2.69. The summed E-state index contributed by atoms with van der Waals surface area (Å²) in [6, 6.07) is 7.17. The van der Waals surface area contributed by atoms with Crippen LogP contribution in [0.4, 0.5) is 5.69 Å². The number of nitro groups is 1. The number of benzene rings is 1. The third kappa shape index (κ3) is 2.41. The Morgan fingerprint density at radius 3 is 2.78 bits per heavy atom. The van der Waals surface area contributed by atoms with E-state index in [-0.39, 0.29) is 17.1 Å². The molecule has 1 aromatic carbocycles. The highest BCUT2D eigenvalue weighted by Gasteiger charge is 2.21. The maximum Gasteiger partial charge on any atom is 0.338 e. The summed E-state index contributed by atoms with van der Waals surface area (Å²) in [6.07, 6.45) is 3.13. The van der Waals surface area contributed by atoms with Crippen molar-refractivity contribution in [3.05, 3.63) is 56.4 Å². The summed E-state index contributed by atoms with van der Waals surface area (Å²) < 4.78 is 4.90. The lowest BCUT2D eigenvalue weighted by molar-refractivity contribution is -0.386. The Kier molecular flexibility index (Phi) is 3.43. The molecule has 2 rings (SSSR count). The van der Waals surface area contributed by atoms with E-state index in [1.54, 1.807) is 24.3 Å². The standard InChI is InChI=1S/C12H9ClN2O3/c1-8-12(15(16)17)11(18-14-8)7-6-9-4-2-3-5-10(9)13/h2-7H,1H3/b7-6+. The number of rotatable bonds is 3. The van der Waals surface area contributed by atoms with Crippen LogP contribution in [0, 0.1) is 17.0 Å². The van der Waals surface area contributed by atoms with Crippen LogP contribution in [0.1, 0.15) is 17.0 Å². The van der Waals surface area contributed by atoms with Gasteiger partial charge in [-0.05, 0) is 30.7 Å². The molecule has 0 amide bonds. The molecule has 0 N–H and O–H groups in total. The first-order valence-electron chi connectivity index (χ1n) is 5.13. The maximum absolute atomic E-state index is 10.8. The highest BCUT2D eigenvalue weighted by Crippen LogP contribution is 2.25. The second-order valence-corrected chi connectivity index (χ2v) is 4.00. The third-order valence-corrected chi connectivity index (χ3v) is 2.70. The molecule has 0 unspecified atom stereocenters. The van der Waals surface area contributed by atoms with E-state index in [0.29, 0.717) is 5.02 Å². The largest absolute Gasteiger partial charge is 0.349 e. The SMILES string of the molecule is Cc1noc(/C=C/c2ccccc2Cl)c1[N+](=O)[O-]. The van der Waals surface area contributed by atoms with Gasteiger partial charge in [-0.3, -0.25) is 10.1 Å². The summed E-state index contributed by atoms with van der Waals surface area (Å²) in [4.78, 5) is 10.3. The smallest absolute Gasteiger partial charge is 0.338 e. The van der Waals surface area contributed by atoms with E-state index in [9.17, 15) is 10.1 Å². The Labute approximate surface area is 108 Å². The molecule has 1 aromatic heterocycles. The lowest BCUT2D eigenvalue weighted by Crippen LogP contribution is -1.90. The van der Waals surface area contributed by atoms with Gasteiger partial charge in [0.1, 0.15) is 0 Å². The minimum atomic E-state index is -0.516. The zero-order valence-corrected chi connectivity index (χ0v) is 10.2. The molecular formula is C12H9ClN2O3. The zero-order valence-electron chi connectivity index (χ0n) is 9.46. The summed E-state index contributed by atoms with van der Waals surface area (Å²) in [5, 5.41) is 15.0. The normalized spacial score (nSPS) is 11.0. The first-order valence-corrected chi connectivity index (χ1v) is 5.50. The van der Waals surface area contributed by atoms with Crippen LogP contribution in [0.5, 0.6) is 0 Å². The summed E-state index contributed by atoms with van der Waals surface area (Å²) in [7, 11) is 0. The van der Waals surface area contributed by atoms with Gasteiger partial charge in [-0.15, -0.1) is 0 Å². The van der Waals surface area contributed by atoms with E-state index in [2.05, 4.69) is 5.16 Å². The van der Waals surface area contributed by atoms with Gasteiger partial charge in [0.15, 0.2) is 5.69 Å². The Morgan fingerprint density at radius 1 is 1.39 bits per heavy atom. The molecule has 0 aliphatic carbocycles. The van der Waals surface area contributed by atoms with Crippen LogP contribution in [0.2, 0.25) is 5.02 Å². The minimum Gasteiger partial charge on any atom is -0.349 e. The fourth-order valence-corrected chi connectivity index (χ4v) is 1.69. The van der Waals surface area contributed by atoms with Crippen molar-refractivity contribution in [3.63, 3.8) is 0 Å². The van der Waals surface area contributed by atoms with Crippen LogP contribution < -0.4 is 0 Å². The van der Waals surface area contributed by atoms with Crippen molar-refractivity contribution in [2.24, 2.45) is 0 Å². The predicted octanol–water partition coefficient (Wildman–Crippen LogP) is 3.72. The van der Waals surface area contributed by atoms with Crippen molar-refractivity contribution in [2.75, 3.05) is 0 Å². The quantitative estimate of drug-likeness (QED) is 0.626. The zero-order chi connectivity index (χ0) is 13.1. The van der Waals surface area contributed by atoms with Crippen molar-refractivity contribution in [1.29, 1.82) is 0 Å². The van der Waals surface area contributed by atoms with Gasteiger partial charge in [0.2, 0.25) is 5.76 Å². The molecule has 0 spiro atoms. The van der Waals surface area contributed by atoms with E-state index < -0.39 is 4.92 Å². The van der Waals surface area contributed by atoms with Gasteiger partial charge < -0.3 is 4.52 Å². The second kappa shape index (κ2) is 5.01. The molecule has 18 heavy (non-hydrogen) atoms. The van der Waals surface area contributed by atoms with E-state index in [0.717, 1.165) is 5.56 Å². The van der Waals surface area contributed by atoms with Gasteiger partial charge in [0.05, 0.1) is 4.92 Å². The van der Waals surface area contributed by atoms with Crippen molar-refractivity contribution in [1.82, 2.24) is 5.16 Å². The maximum atomic E-state index is 10.8. The van der Waals surface area contributed by atoms with Crippen LogP contribution in [0.25, 0.3) is 12.2 Å². The molecule has 0 saturated carbocycles. The van der Waals surface area contributed by atoms with Crippen LogP contribution in [0.3, 0.4) is 0 Å². The summed E-state index contributed by atoms with van der Waals surface area (Å²) in [5.74, 6) is 0.109. The molecule has 0 bridgehead atoms. The molecule has 0 aliphatic rings. The number of halogens is 1. The number of hydrogen-bond acceptors (Lipinski definition) is 4. The molecule has 0 aliphatic heterocycles. The molecule has 0 saturated heterocycles. The molecule has 0 fully saturated rings. The molecule has 0 atom stereocenters. The van der Waals surface area contributed by atoms with Gasteiger partial charge in [-0.25, -0.2) is 0 Å². The summed E-state index contributed by atoms with van der Waals surface area (Å²) >= 11 is 5.97. The number of aromatic nitrogens is 1. The molecule has 2 aromatic rings. The number of hydrogen-bond donors (Lipinski definition) is 0. The fraction of sp³-hybridized carbons (Fsp3) is 0.0833. The molecule has 92 valence electrons. The second-order valence-electron chi connectivity index (χ2n) is 3.59. The van der Waals surface area contributed by atoms with E-state index in [1.807, 2.05) is 6.07 Å². The first kappa shape index (κ1) is 12.3. The minimum absolute atomic E-state index is 0.109. The molecule has 5 nitrogen and oxygen atoms in total. The van der Waals surface area contributed by atoms with E-state index in [4.69, 9.17) is 16.1 Å². The molecule has 1 heterocycles. The van der Waals surface area contributed by atoms with Crippen LogP contribution in [-0.2, 0) is 0 Å². The van der Waals surface area contributed by atoms with Crippen LogP contribution in [-0.4, -0.2) is 10.1 Å².